The largest absolute Gasteiger partial charge is 0.338 e. The van der Waals surface area contributed by atoms with Gasteiger partial charge in [0.05, 0.1) is 11.8 Å². The van der Waals surface area contributed by atoms with E-state index in [4.69, 9.17) is 5.73 Å². The van der Waals surface area contributed by atoms with E-state index < -0.39 is 0 Å². The second kappa shape index (κ2) is 6.18. The Hall–Kier alpha value is -1.36. The molecule has 1 aliphatic heterocycles. The van der Waals surface area contributed by atoms with Crippen LogP contribution < -0.4 is 5.73 Å². The minimum Gasteiger partial charge on any atom is -0.338 e. The summed E-state index contributed by atoms with van der Waals surface area (Å²) < 4.78 is 1.89. The molecule has 0 saturated carbocycles. The van der Waals surface area contributed by atoms with Crippen molar-refractivity contribution < 1.29 is 4.79 Å². The van der Waals surface area contributed by atoms with Crippen LogP contribution in [-0.2, 0) is 6.54 Å². The minimum atomic E-state index is 0.123. The first-order valence-corrected chi connectivity index (χ1v) is 7.86. The van der Waals surface area contributed by atoms with Crippen molar-refractivity contribution in [2.75, 3.05) is 19.6 Å². The molecule has 1 fully saturated rings. The molecule has 0 radical (unpaired) electrons. The van der Waals surface area contributed by atoms with E-state index in [1.807, 2.05) is 16.5 Å². The van der Waals surface area contributed by atoms with E-state index in [0.29, 0.717) is 12.5 Å². The van der Waals surface area contributed by atoms with Crippen LogP contribution in [0, 0.1) is 18.3 Å². The molecule has 1 atom stereocenters. The summed E-state index contributed by atoms with van der Waals surface area (Å²) in [6.07, 6.45) is 3.68. The van der Waals surface area contributed by atoms with Gasteiger partial charge in [-0.3, -0.25) is 9.48 Å². The molecule has 1 aromatic rings. The van der Waals surface area contributed by atoms with Gasteiger partial charge >= 0.3 is 0 Å². The Bertz CT molecular complexity index is 501. The lowest BCUT2D eigenvalue weighted by Crippen LogP contribution is -2.31. The first kappa shape index (κ1) is 16.0. The van der Waals surface area contributed by atoms with E-state index in [1.165, 1.54) is 0 Å². The van der Waals surface area contributed by atoms with Crippen LogP contribution in [0.25, 0.3) is 0 Å². The standard InChI is InChI=1S/C16H28N4O/c1-12-14(10-18-20(12)8-5-7-17)15(21)19-9-6-13(11-19)16(2,3)4/h10,13H,5-9,11,17H2,1-4H3. The van der Waals surface area contributed by atoms with Crippen molar-refractivity contribution in [2.45, 2.75) is 47.1 Å². The van der Waals surface area contributed by atoms with E-state index >= 15 is 0 Å². The van der Waals surface area contributed by atoms with Gasteiger partial charge in [0.25, 0.3) is 5.91 Å². The summed E-state index contributed by atoms with van der Waals surface area (Å²) in [5.74, 6) is 0.701. The van der Waals surface area contributed by atoms with E-state index in [-0.39, 0.29) is 11.3 Å². The number of nitrogens with two attached hydrogens (primary N) is 1. The molecule has 1 aromatic heterocycles. The van der Waals surface area contributed by atoms with Crippen molar-refractivity contribution in [3.8, 4) is 0 Å². The number of amides is 1. The molecule has 1 unspecified atom stereocenters. The Kier molecular flexibility index (Phi) is 4.71. The number of rotatable bonds is 4. The van der Waals surface area contributed by atoms with Crippen LogP contribution >= 0.6 is 0 Å². The normalized spacial score (nSPS) is 19.3. The Morgan fingerprint density at radius 2 is 2.19 bits per heavy atom. The van der Waals surface area contributed by atoms with Gasteiger partial charge in [-0.1, -0.05) is 20.8 Å². The number of aryl methyl sites for hydroxylation is 1. The molecule has 1 saturated heterocycles. The monoisotopic (exact) mass is 292 g/mol. The zero-order valence-electron chi connectivity index (χ0n) is 13.7. The summed E-state index contributed by atoms with van der Waals surface area (Å²) in [5, 5.41) is 4.33. The number of nitrogens with zero attached hydrogens (tertiary/aromatic N) is 3. The SMILES string of the molecule is Cc1c(C(=O)N2CCC(C(C)(C)C)C2)cnn1CCCN. The molecular formula is C16H28N4O. The maximum Gasteiger partial charge on any atom is 0.257 e. The lowest BCUT2D eigenvalue weighted by Gasteiger charge is -2.26. The molecular weight excluding hydrogens is 264 g/mol. The Morgan fingerprint density at radius 1 is 1.48 bits per heavy atom. The molecule has 1 aliphatic rings. The molecule has 0 spiro atoms. The highest BCUT2D eigenvalue weighted by Crippen LogP contribution is 2.34. The van der Waals surface area contributed by atoms with Gasteiger partial charge < -0.3 is 10.6 Å². The average molecular weight is 292 g/mol. The Balaban J connectivity index is 2.06. The van der Waals surface area contributed by atoms with E-state index in [2.05, 4.69) is 25.9 Å². The highest BCUT2D eigenvalue weighted by atomic mass is 16.2. The molecule has 1 amide bonds. The molecule has 0 aliphatic carbocycles. The molecule has 2 rings (SSSR count). The van der Waals surface area contributed by atoms with Crippen LogP contribution in [0.2, 0.25) is 0 Å². The van der Waals surface area contributed by atoms with Gasteiger partial charge in [0, 0.05) is 25.3 Å². The fourth-order valence-electron chi connectivity index (χ4n) is 2.94. The predicted octanol–water partition coefficient (Wildman–Crippen LogP) is 2.05. The van der Waals surface area contributed by atoms with E-state index in [0.717, 1.165) is 43.7 Å². The number of carbonyl (C=O) groups excluding carboxylic acids is 1. The van der Waals surface area contributed by atoms with Crippen LogP contribution in [-0.4, -0.2) is 40.2 Å². The second-order valence-electron chi connectivity index (χ2n) is 7.11. The lowest BCUT2D eigenvalue weighted by molar-refractivity contribution is 0.0775. The molecule has 118 valence electrons. The number of aromatic nitrogens is 2. The number of carbonyl (C=O) groups is 1. The Labute approximate surface area is 127 Å². The summed E-state index contributed by atoms with van der Waals surface area (Å²) in [6.45, 7) is 11.9. The van der Waals surface area contributed by atoms with Crippen molar-refractivity contribution in [3.05, 3.63) is 17.5 Å². The van der Waals surface area contributed by atoms with Crippen LogP contribution in [0.5, 0.6) is 0 Å². The van der Waals surface area contributed by atoms with E-state index in [1.54, 1.807) is 6.20 Å². The van der Waals surface area contributed by atoms with Gasteiger partial charge in [-0.25, -0.2) is 0 Å². The zero-order chi connectivity index (χ0) is 15.6. The first-order valence-electron chi connectivity index (χ1n) is 7.86. The van der Waals surface area contributed by atoms with Gasteiger partial charge in [-0.2, -0.15) is 5.10 Å². The molecule has 2 heterocycles. The smallest absolute Gasteiger partial charge is 0.257 e. The van der Waals surface area contributed by atoms with Crippen LogP contribution in [0.1, 0.15) is 49.7 Å². The van der Waals surface area contributed by atoms with Crippen LogP contribution in [0.15, 0.2) is 6.20 Å². The molecule has 0 bridgehead atoms. The van der Waals surface area contributed by atoms with Crippen molar-refractivity contribution in [1.29, 1.82) is 0 Å². The molecule has 21 heavy (non-hydrogen) atoms. The summed E-state index contributed by atoms with van der Waals surface area (Å²) in [5.41, 5.74) is 7.48. The third kappa shape index (κ3) is 3.46. The van der Waals surface area contributed by atoms with Gasteiger partial charge in [-0.05, 0) is 37.6 Å². The summed E-state index contributed by atoms with van der Waals surface area (Å²) in [6, 6.07) is 0. The quantitative estimate of drug-likeness (QED) is 0.923. The lowest BCUT2D eigenvalue weighted by atomic mass is 9.80. The fraction of sp³-hybridized carbons (Fsp3) is 0.750. The molecule has 0 aromatic carbocycles. The summed E-state index contributed by atoms with van der Waals surface area (Å²) in [7, 11) is 0. The highest BCUT2D eigenvalue weighted by Gasteiger charge is 2.34. The number of hydrogen-bond acceptors (Lipinski definition) is 3. The molecule has 5 heteroatoms. The van der Waals surface area contributed by atoms with Gasteiger partial charge in [0.1, 0.15) is 0 Å². The summed E-state index contributed by atoms with van der Waals surface area (Å²) in [4.78, 5) is 14.7. The van der Waals surface area contributed by atoms with Crippen molar-refractivity contribution >= 4 is 5.91 Å². The summed E-state index contributed by atoms with van der Waals surface area (Å²) >= 11 is 0. The first-order chi connectivity index (χ1) is 9.84. The third-order valence-corrected chi connectivity index (χ3v) is 4.61. The Morgan fingerprint density at radius 3 is 2.76 bits per heavy atom. The molecule has 2 N–H and O–H groups in total. The van der Waals surface area contributed by atoms with Crippen LogP contribution in [0.4, 0.5) is 0 Å². The van der Waals surface area contributed by atoms with Crippen LogP contribution in [0.3, 0.4) is 0 Å². The topological polar surface area (TPSA) is 64.2 Å². The zero-order valence-corrected chi connectivity index (χ0v) is 13.7. The van der Waals surface area contributed by atoms with E-state index in [9.17, 15) is 4.79 Å². The second-order valence-corrected chi connectivity index (χ2v) is 7.11. The average Bonchev–Trinajstić information content (AvgIpc) is 3.02. The number of likely N-dealkylation sites (tertiary alicyclic amines) is 1. The van der Waals surface area contributed by atoms with Gasteiger partial charge in [0.2, 0.25) is 0 Å². The van der Waals surface area contributed by atoms with Crippen molar-refractivity contribution in [3.63, 3.8) is 0 Å². The maximum absolute atomic E-state index is 12.7. The third-order valence-electron chi connectivity index (χ3n) is 4.61. The van der Waals surface area contributed by atoms with Crippen molar-refractivity contribution in [1.82, 2.24) is 14.7 Å². The predicted molar refractivity (Wildman–Crippen MR) is 84.1 cm³/mol. The fourth-order valence-corrected chi connectivity index (χ4v) is 2.94. The minimum absolute atomic E-state index is 0.123. The van der Waals surface area contributed by atoms with Crippen molar-refractivity contribution in [2.24, 2.45) is 17.1 Å². The number of hydrogen-bond donors (Lipinski definition) is 1. The maximum atomic E-state index is 12.7. The highest BCUT2D eigenvalue weighted by molar-refractivity contribution is 5.95. The van der Waals surface area contributed by atoms with Gasteiger partial charge in [0.15, 0.2) is 0 Å². The van der Waals surface area contributed by atoms with Gasteiger partial charge in [-0.15, -0.1) is 0 Å². The molecule has 5 nitrogen and oxygen atoms in total.